The average Bonchev–Trinajstić information content (AvgIpc) is 2.56. The van der Waals surface area contributed by atoms with Crippen molar-refractivity contribution in [3.05, 3.63) is 54.4 Å². The van der Waals surface area contributed by atoms with Crippen LogP contribution < -0.4 is 4.74 Å². The molecule has 1 saturated carbocycles. The Labute approximate surface area is 131 Å². The number of hydrogen-bond acceptors (Lipinski definition) is 1. The smallest absolute Gasteiger partial charge is 0.134 e. The quantitative estimate of drug-likeness (QED) is 0.644. The molecule has 0 aliphatic heterocycles. The van der Waals surface area contributed by atoms with Gasteiger partial charge in [0.05, 0.1) is 6.61 Å². The SMILES string of the molecule is C=CC1CCC(c2ccc3cc(OCC)ccc3c2F)CC1. The van der Waals surface area contributed by atoms with E-state index in [0.717, 1.165) is 42.4 Å². The van der Waals surface area contributed by atoms with Crippen molar-refractivity contribution in [3.63, 3.8) is 0 Å². The van der Waals surface area contributed by atoms with Gasteiger partial charge in [-0.2, -0.15) is 0 Å². The van der Waals surface area contributed by atoms with Crippen LogP contribution in [0, 0.1) is 11.7 Å². The summed E-state index contributed by atoms with van der Waals surface area (Å²) in [5.41, 5.74) is 0.874. The molecule has 0 bridgehead atoms. The molecule has 2 heteroatoms. The van der Waals surface area contributed by atoms with Gasteiger partial charge in [0, 0.05) is 5.39 Å². The molecule has 0 aromatic heterocycles. The Kier molecular flexibility index (Phi) is 4.47. The first-order valence-electron chi connectivity index (χ1n) is 8.20. The number of halogens is 1. The van der Waals surface area contributed by atoms with Crippen molar-refractivity contribution in [3.8, 4) is 5.75 Å². The summed E-state index contributed by atoms with van der Waals surface area (Å²) < 4.78 is 20.4. The Morgan fingerprint density at radius 2 is 1.95 bits per heavy atom. The highest BCUT2D eigenvalue weighted by Crippen LogP contribution is 2.39. The Hall–Kier alpha value is -1.83. The fourth-order valence-electron chi connectivity index (χ4n) is 3.52. The molecule has 0 radical (unpaired) electrons. The lowest BCUT2D eigenvalue weighted by molar-refractivity contribution is 0.340. The van der Waals surface area contributed by atoms with E-state index in [1.165, 1.54) is 0 Å². The normalized spacial score (nSPS) is 21.7. The largest absolute Gasteiger partial charge is 0.494 e. The molecule has 0 N–H and O–H groups in total. The van der Waals surface area contributed by atoms with Crippen LogP contribution in [0.15, 0.2) is 43.0 Å². The van der Waals surface area contributed by atoms with Crippen molar-refractivity contribution in [2.75, 3.05) is 6.61 Å². The van der Waals surface area contributed by atoms with Gasteiger partial charge in [0.15, 0.2) is 0 Å². The average molecular weight is 298 g/mol. The predicted molar refractivity (Wildman–Crippen MR) is 90.0 cm³/mol. The van der Waals surface area contributed by atoms with E-state index in [0.29, 0.717) is 23.8 Å². The van der Waals surface area contributed by atoms with Gasteiger partial charge < -0.3 is 4.74 Å². The minimum Gasteiger partial charge on any atom is -0.494 e. The monoisotopic (exact) mass is 298 g/mol. The molecule has 0 unspecified atom stereocenters. The van der Waals surface area contributed by atoms with Gasteiger partial charge >= 0.3 is 0 Å². The molecule has 2 aromatic carbocycles. The number of hydrogen-bond donors (Lipinski definition) is 0. The summed E-state index contributed by atoms with van der Waals surface area (Å²) in [4.78, 5) is 0. The van der Waals surface area contributed by atoms with Gasteiger partial charge in [-0.25, -0.2) is 4.39 Å². The lowest BCUT2D eigenvalue weighted by Crippen LogP contribution is -2.12. The predicted octanol–water partition coefficient (Wildman–Crippen LogP) is 5.84. The molecule has 0 amide bonds. The zero-order valence-corrected chi connectivity index (χ0v) is 13.1. The van der Waals surface area contributed by atoms with Crippen molar-refractivity contribution >= 4 is 10.8 Å². The number of rotatable bonds is 4. The van der Waals surface area contributed by atoms with Crippen LogP contribution in [-0.4, -0.2) is 6.61 Å². The summed E-state index contributed by atoms with van der Waals surface area (Å²) in [5, 5.41) is 1.61. The summed E-state index contributed by atoms with van der Waals surface area (Å²) in [6.07, 6.45) is 6.39. The van der Waals surface area contributed by atoms with Gasteiger partial charge in [-0.3, -0.25) is 0 Å². The lowest BCUT2D eigenvalue weighted by Gasteiger charge is -2.27. The third kappa shape index (κ3) is 2.87. The van der Waals surface area contributed by atoms with Gasteiger partial charge in [-0.05, 0) is 73.6 Å². The third-order valence-corrected chi connectivity index (χ3v) is 4.81. The standard InChI is InChI=1S/C20H23FO/c1-3-14-5-7-15(8-6-14)18-11-9-16-13-17(22-4-2)10-12-19(16)20(18)21/h3,9-15H,1,4-8H2,2H3. The van der Waals surface area contributed by atoms with Crippen LogP contribution in [0.1, 0.15) is 44.1 Å². The zero-order chi connectivity index (χ0) is 15.5. The van der Waals surface area contributed by atoms with Gasteiger partial charge in [-0.15, -0.1) is 6.58 Å². The molecular formula is C20H23FO. The van der Waals surface area contributed by atoms with Gasteiger partial charge in [0.2, 0.25) is 0 Å². The summed E-state index contributed by atoms with van der Waals surface area (Å²) in [5.74, 6) is 1.69. The van der Waals surface area contributed by atoms with Crippen LogP contribution in [0.4, 0.5) is 4.39 Å². The van der Waals surface area contributed by atoms with E-state index < -0.39 is 0 Å². The topological polar surface area (TPSA) is 9.23 Å². The maximum absolute atomic E-state index is 14.9. The molecule has 22 heavy (non-hydrogen) atoms. The third-order valence-electron chi connectivity index (χ3n) is 4.81. The van der Waals surface area contributed by atoms with Crippen molar-refractivity contribution in [1.82, 2.24) is 0 Å². The molecule has 0 saturated heterocycles. The van der Waals surface area contributed by atoms with Gasteiger partial charge in [0.1, 0.15) is 11.6 Å². The zero-order valence-electron chi connectivity index (χ0n) is 13.1. The second-order valence-electron chi connectivity index (χ2n) is 6.13. The molecule has 1 fully saturated rings. The summed E-state index contributed by atoms with van der Waals surface area (Å²) in [6.45, 7) is 6.45. The van der Waals surface area contributed by atoms with Gasteiger partial charge in [0.25, 0.3) is 0 Å². The van der Waals surface area contributed by atoms with E-state index in [-0.39, 0.29) is 5.82 Å². The molecule has 0 atom stereocenters. The molecule has 0 spiro atoms. The highest BCUT2D eigenvalue weighted by Gasteiger charge is 2.23. The molecule has 2 aromatic rings. The molecule has 1 nitrogen and oxygen atoms in total. The van der Waals surface area contributed by atoms with Crippen molar-refractivity contribution < 1.29 is 9.13 Å². The highest BCUT2D eigenvalue weighted by atomic mass is 19.1. The van der Waals surface area contributed by atoms with Crippen LogP contribution in [0.5, 0.6) is 5.75 Å². The number of allylic oxidation sites excluding steroid dienone is 1. The second-order valence-corrected chi connectivity index (χ2v) is 6.13. The molecule has 1 aliphatic carbocycles. The fourth-order valence-corrected chi connectivity index (χ4v) is 3.52. The minimum atomic E-state index is -0.0531. The first-order valence-corrected chi connectivity index (χ1v) is 8.20. The van der Waals surface area contributed by atoms with Crippen molar-refractivity contribution in [2.24, 2.45) is 5.92 Å². The van der Waals surface area contributed by atoms with Crippen molar-refractivity contribution in [2.45, 2.75) is 38.5 Å². The maximum atomic E-state index is 14.9. The molecular weight excluding hydrogens is 275 g/mol. The summed E-state index contributed by atoms with van der Waals surface area (Å²) in [7, 11) is 0. The minimum absolute atomic E-state index is 0.0531. The molecule has 1 aliphatic rings. The Balaban J connectivity index is 1.90. The van der Waals surface area contributed by atoms with E-state index in [9.17, 15) is 4.39 Å². The van der Waals surface area contributed by atoms with Crippen LogP contribution in [0.2, 0.25) is 0 Å². The van der Waals surface area contributed by atoms with Crippen LogP contribution in [-0.2, 0) is 0 Å². The summed E-state index contributed by atoms with van der Waals surface area (Å²) >= 11 is 0. The summed E-state index contributed by atoms with van der Waals surface area (Å²) in [6, 6.07) is 9.60. The molecule has 116 valence electrons. The first-order chi connectivity index (χ1) is 10.7. The van der Waals surface area contributed by atoms with Crippen LogP contribution in [0.3, 0.4) is 0 Å². The van der Waals surface area contributed by atoms with Gasteiger partial charge in [-0.1, -0.05) is 18.2 Å². The number of ether oxygens (including phenoxy) is 1. The Morgan fingerprint density at radius 1 is 1.18 bits per heavy atom. The first kappa shape index (κ1) is 15.1. The molecule has 3 rings (SSSR count). The highest BCUT2D eigenvalue weighted by molar-refractivity contribution is 5.85. The van der Waals surface area contributed by atoms with Crippen LogP contribution in [0.25, 0.3) is 10.8 Å². The van der Waals surface area contributed by atoms with Crippen LogP contribution >= 0.6 is 0 Å². The molecule has 0 heterocycles. The van der Waals surface area contributed by atoms with E-state index in [1.807, 2.05) is 43.3 Å². The fraction of sp³-hybridized carbons (Fsp3) is 0.400. The van der Waals surface area contributed by atoms with E-state index >= 15 is 0 Å². The van der Waals surface area contributed by atoms with Crippen molar-refractivity contribution in [1.29, 1.82) is 0 Å². The second kappa shape index (κ2) is 6.51. The van der Waals surface area contributed by atoms with E-state index in [2.05, 4.69) is 6.58 Å². The maximum Gasteiger partial charge on any atom is 0.134 e. The lowest BCUT2D eigenvalue weighted by atomic mass is 9.78. The van der Waals surface area contributed by atoms with E-state index in [4.69, 9.17) is 4.74 Å². The Bertz CT molecular complexity index is 669. The Morgan fingerprint density at radius 3 is 2.64 bits per heavy atom. The van der Waals surface area contributed by atoms with E-state index in [1.54, 1.807) is 0 Å². The number of fused-ring (bicyclic) bond motifs is 1. The number of benzene rings is 2.